The first kappa shape index (κ1) is 17.9. The summed E-state index contributed by atoms with van der Waals surface area (Å²) in [7, 11) is 1.63. The Labute approximate surface area is 147 Å². The van der Waals surface area contributed by atoms with Crippen molar-refractivity contribution in [3.8, 4) is 0 Å². The minimum absolute atomic E-state index is 0.145. The highest BCUT2D eigenvalue weighted by Gasteiger charge is 2.16. The molecule has 6 nitrogen and oxygen atoms in total. The summed E-state index contributed by atoms with van der Waals surface area (Å²) in [5.74, 6) is -1.24. The summed E-state index contributed by atoms with van der Waals surface area (Å²) in [5.41, 5.74) is 2.17. The van der Waals surface area contributed by atoms with Gasteiger partial charge in [0.25, 0.3) is 5.91 Å². The number of ketones is 1. The van der Waals surface area contributed by atoms with E-state index < -0.39 is 18.5 Å². The van der Waals surface area contributed by atoms with Gasteiger partial charge in [-0.15, -0.1) is 0 Å². The third-order valence-electron chi connectivity index (χ3n) is 3.42. The Morgan fingerprint density at radius 3 is 2.54 bits per heavy atom. The second kappa shape index (κ2) is 7.44. The predicted octanol–water partition coefficient (Wildman–Crippen LogP) is 3.09. The van der Waals surface area contributed by atoms with Crippen molar-refractivity contribution in [1.29, 1.82) is 0 Å². The van der Waals surface area contributed by atoms with Crippen LogP contribution in [0.3, 0.4) is 0 Å². The number of aryl methyl sites for hydroxylation is 2. The number of hydrogen-bond acceptors (Lipinski definition) is 4. The molecule has 1 aromatic carbocycles. The number of esters is 1. The third kappa shape index (κ3) is 4.32. The number of halogens is 1. The highest BCUT2D eigenvalue weighted by molar-refractivity contribution is 9.10. The lowest BCUT2D eigenvalue weighted by molar-refractivity contribution is -0.119. The molecule has 24 heavy (non-hydrogen) atoms. The molecule has 0 atom stereocenters. The van der Waals surface area contributed by atoms with Crippen LogP contribution < -0.4 is 5.32 Å². The average molecular weight is 393 g/mol. The fourth-order valence-electron chi connectivity index (χ4n) is 2.12. The summed E-state index contributed by atoms with van der Waals surface area (Å²) >= 11 is 3.35. The Morgan fingerprint density at radius 2 is 1.96 bits per heavy atom. The van der Waals surface area contributed by atoms with E-state index in [-0.39, 0.29) is 11.5 Å². The predicted molar refractivity (Wildman–Crippen MR) is 93.2 cm³/mol. The van der Waals surface area contributed by atoms with E-state index in [2.05, 4.69) is 21.2 Å². The Hall–Kier alpha value is -2.41. The Kier molecular flexibility index (Phi) is 5.56. The molecule has 126 valence electrons. The maximum atomic E-state index is 12.0. The van der Waals surface area contributed by atoms with Crippen LogP contribution in [0.5, 0.6) is 0 Å². The van der Waals surface area contributed by atoms with Crippen molar-refractivity contribution in [3.63, 3.8) is 0 Å². The van der Waals surface area contributed by atoms with Gasteiger partial charge in [0.2, 0.25) is 0 Å². The number of ether oxygens (including phenoxy) is 1. The average Bonchev–Trinajstić information content (AvgIpc) is 2.90. The number of hydrogen-bond donors (Lipinski definition) is 1. The highest BCUT2D eigenvalue weighted by Crippen LogP contribution is 2.20. The van der Waals surface area contributed by atoms with E-state index >= 15 is 0 Å². The molecule has 2 rings (SSSR count). The zero-order chi connectivity index (χ0) is 17.9. The molecule has 0 radical (unpaired) electrons. The number of nitrogens with zero attached hydrogens (tertiary/aromatic N) is 1. The number of nitrogens with one attached hydrogen (secondary N) is 1. The van der Waals surface area contributed by atoms with E-state index in [9.17, 15) is 14.4 Å². The lowest BCUT2D eigenvalue weighted by Gasteiger charge is -2.09. The first-order valence-corrected chi connectivity index (χ1v) is 7.97. The monoisotopic (exact) mass is 392 g/mol. The number of benzene rings is 1. The largest absolute Gasteiger partial charge is 0.451 e. The van der Waals surface area contributed by atoms with E-state index in [0.29, 0.717) is 11.3 Å². The number of amides is 1. The molecule has 0 unspecified atom stereocenters. The van der Waals surface area contributed by atoms with E-state index in [0.717, 1.165) is 10.0 Å². The first-order valence-electron chi connectivity index (χ1n) is 7.18. The second-order valence-electron chi connectivity index (χ2n) is 5.36. The Balaban J connectivity index is 1.96. The minimum Gasteiger partial charge on any atom is -0.451 e. The van der Waals surface area contributed by atoms with Gasteiger partial charge in [-0.3, -0.25) is 9.59 Å². The molecular formula is C17H17BrN2O4. The van der Waals surface area contributed by atoms with Crippen molar-refractivity contribution in [2.75, 3.05) is 11.9 Å². The van der Waals surface area contributed by atoms with Crippen molar-refractivity contribution in [2.24, 2.45) is 7.05 Å². The summed E-state index contributed by atoms with van der Waals surface area (Å²) in [6.07, 6.45) is 1.55. The van der Waals surface area contributed by atoms with Crippen molar-refractivity contribution in [2.45, 2.75) is 13.8 Å². The van der Waals surface area contributed by atoms with Gasteiger partial charge in [0.1, 0.15) is 5.69 Å². The molecule has 0 aliphatic heterocycles. The molecule has 0 aliphatic carbocycles. The minimum atomic E-state index is -0.660. The lowest BCUT2D eigenvalue weighted by atomic mass is 10.2. The maximum absolute atomic E-state index is 12.0. The number of carbonyl (C=O) groups excluding carboxylic acids is 3. The number of anilines is 1. The van der Waals surface area contributed by atoms with Gasteiger partial charge in [-0.2, -0.15) is 0 Å². The number of aromatic nitrogens is 1. The summed E-state index contributed by atoms with van der Waals surface area (Å²) in [6, 6.07) is 6.88. The molecule has 0 spiro atoms. The second-order valence-corrected chi connectivity index (χ2v) is 6.28. The SMILES string of the molecule is CC(=O)c1cc(C(=O)OCC(=O)Nc2ccc(Br)cc2C)n(C)c1. The smallest absolute Gasteiger partial charge is 0.355 e. The molecule has 0 bridgehead atoms. The first-order chi connectivity index (χ1) is 11.3. The molecule has 0 fully saturated rings. The van der Waals surface area contributed by atoms with Gasteiger partial charge in [-0.25, -0.2) is 4.79 Å². The molecule has 7 heteroatoms. The van der Waals surface area contributed by atoms with E-state index in [1.54, 1.807) is 19.3 Å². The zero-order valence-corrected chi connectivity index (χ0v) is 15.1. The fraction of sp³-hybridized carbons (Fsp3) is 0.235. The zero-order valence-electron chi connectivity index (χ0n) is 13.6. The summed E-state index contributed by atoms with van der Waals surface area (Å²) in [5, 5.41) is 2.68. The van der Waals surface area contributed by atoms with Gasteiger partial charge in [0.05, 0.1) is 0 Å². The normalized spacial score (nSPS) is 10.3. The molecule has 1 aromatic heterocycles. The van der Waals surface area contributed by atoms with Crippen LogP contribution in [0.4, 0.5) is 5.69 Å². The lowest BCUT2D eigenvalue weighted by Crippen LogP contribution is -2.22. The Morgan fingerprint density at radius 1 is 1.25 bits per heavy atom. The standard InChI is InChI=1S/C17H17BrN2O4/c1-10-6-13(18)4-5-14(10)19-16(22)9-24-17(23)15-7-12(11(2)21)8-20(15)3/h4-8H,9H2,1-3H3,(H,19,22). The van der Waals surface area contributed by atoms with Crippen molar-refractivity contribution in [1.82, 2.24) is 4.57 Å². The van der Waals surface area contributed by atoms with Crippen molar-refractivity contribution in [3.05, 3.63) is 51.8 Å². The van der Waals surface area contributed by atoms with Crippen LogP contribution in [0.1, 0.15) is 33.3 Å². The third-order valence-corrected chi connectivity index (χ3v) is 3.91. The van der Waals surface area contributed by atoms with E-state index in [1.165, 1.54) is 17.6 Å². The van der Waals surface area contributed by atoms with Crippen molar-refractivity contribution >= 4 is 39.3 Å². The van der Waals surface area contributed by atoms with Crippen LogP contribution in [0, 0.1) is 6.92 Å². The van der Waals surface area contributed by atoms with E-state index in [4.69, 9.17) is 4.74 Å². The fourth-order valence-corrected chi connectivity index (χ4v) is 2.59. The highest BCUT2D eigenvalue weighted by atomic mass is 79.9. The summed E-state index contributed by atoms with van der Waals surface area (Å²) in [4.78, 5) is 35.3. The van der Waals surface area contributed by atoms with Gasteiger partial charge in [0.15, 0.2) is 12.4 Å². The van der Waals surface area contributed by atoms with Crippen LogP contribution in [-0.2, 0) is 16.6 Å². The summed E-state index contributed by atoms with van der Waals surface area (Å²) < 4.78 is 7.41. The molecule has 1 amide bonds. The Bertz CT molecular complexity index is 811. The quantitative estimate of drug-likeness (QED) is 0.626. The molecule has 1 heterocycles. The van der Waals surface area contributed by atoms with E-state index in [1.807, 2.05) is 19.1 Å². The van der Waals surface area contributed by atoms with Crippen molar-refractivity contribution < 1.29 is 19.1 Å². The molecule has 2 aromatic rings. The number of carbonyl (C=O) groups is 3. The van der Waals surface area contributed by atoms with Crippen LogP contribution in [0.25, 0.3) is 0 Å². The van der Waals surface area contributed by atoms with Gasteiger partial charge >= 0.3 is 5.97 Å². The maximum Gasteiger partial charge on any atom is 0.355 e. The molecule has 0 saturated carbocycles. The summed E-state index contributed by atoms with van der Waals surface area (Å²) in [6.45, 7) is 2.87. The van der Waals surface area contributed by atoms with Gasteiger partial charge in [0, 0.05) is 29.0 Å². The molecule has 0 aliphatic rings. The topological polar surface area (TPSA) is 77.4 Å². The van der Waals surface area contributed by atoms with Crippen LogP contribution in [0.2, 0.25) is 0 Å². The molecular weight excluding hydrogens is 376 g/mol. The van der Waals surface area contributed by atoms with Crippen LogP contribution in [-0.4, -0.2) is 28.8 Å². The van der Waals surface area contributed by atoms with Crippen LogP contribution >= 0.6 is 15.9 Å². The molecule has 0 saturated heterocycles. The molecule has 1 N–H and O–H groups in total. The van der Waals surface area contributed by atoms with Gasteiger partial charge < -0.3 is 14.6 Å². The van der Waals surface area contributed by atoms with Crippen LogP contribution in [0.15, 0.2) is 34.9 Å². The van der Waals surface area contributed by atoms with Gasteiger partial charge in [-0.1, -0.05) is 15.9 Å². The number of rotatable bonds is 5. The van der Waals surface area contributed by atoms with Gasteiger partial charge in [-0.05, 0) is 43.7 Å². The number of Topliss-reactive ketones (excluding diaryl/α,β-unsaturated/α-hetero) is 1.